The van der Waals surface area contributed by atoms with E-state index >= 15 is 0 Å². The topological polar surface area (TPSA) is 108 Å². The highest BCUT2D eigenvalue weighted by molar-refractivity contribution is 6.03. The standard InChI is InChI=1S/C29H25NO3.C26H21NO3/c1-2-16-33-29(32)26-19-23(21-9-10-21)11-12-24(26)17-20-8-13-27-25(18-20)14-15-30(27)28(31)22-6-4-3-5-7-22;28-25(19-4-2-1-3-5-19)27-13-12-22-15-17(6-11-24(22)27)14-21-10-9-20(18-7-8-18)16-23(21)26(29)30/h2-8,11-15,18-19,21H,1,9-10,16-17H2;1-6,9-13,15-16,18H,7-8,14H2,(H,29,30). The number of hydrogen-bond acceptors (Lipinski definition) is 5. The van der Waals surface area contributed by atoms with E-state index in [9.17, 15) is 24.3 Å². The number of rotatable bonds is 12. The second kappa shape index (κ2) is 17.8. The molecule has 0 amide bonds. The van der Waals surface area contributed by atoms with Gasteiger partial charge in [-0.05, 0) is 157 Å². The Morgan fingerprint density at radius 2 is 1.03 bits per heavy atom. The Bertz CT molecular complexity index is 3020. The average Bonchev–Trinajstić information content (AvgIpc) is 4.26. The van der Waals surface area contributed by atoms with Gasteiger partial charge in [0.25, 0.3) is 11.8 Å². The quantitative estimate of drug-likeness (QED) is 0.0970. The Labute approximate surface area is 365 Å². The number of benzene rings is 6. The second-order valence-electron chi connectivity index (χ2n) is 16.4. The number of esters is 1. The molecule has 2 aliphatic rings. The molecule has 8 heteroatoms. The number of carbonyl (C=O) groups is 4. The highest BCUT2D eigenvalue weighted by atomic mass is 16.5. The molecule has 8 nitrogen and oxygen atoms in total. The van der Waals surface area contributed by atoms with Crippen molar-refractivity contribution in [3.8, 4) is 0 Å². The van der Waals surface area contributed by atoms with E-state index in [0.717, 1.165) is 62.5 Å². The first-order valence-corrected chi connectivity index (χ1v) is 21.4. The fourth-order valence-corrected chi connectivity index (χ4v) is 8.28. The van der Waals surface area contributed by atoms with Gasteiger partial charge in [0.05, 0.1) is 22.2 Å². The second-order valence-corrected chi connectivity index (χ2v) is 16.4. The molecule has 2 fully saturated rings. The van der Waals surface area contributed by atoms with Crippen LogP contribution in [0.15, 0.2) is 171 Å². The molecule has 1 N–H and O–H groups in total. The zero-order valence-corrected chi connectivity index (χ0v) is 34.8. The van der Waals surface area contributed by atoms with Crippen LogP contribution in [0.25, 0.3) is 21.8 Å². The summed E-state index contributed by atoms with van der Waals surface area (Å²) in [4.78, 5) is 50.2. The van der Waals surface area contributed by atoms with Crippen molar-refractivity contribution in [3.63, 3.8) is 0 Å². The van der Waals surface area contributed by atoms with Gasteiger partial charge in [-0.1, -0.05) is 85.5 Å². The van der Waals surface area contributed by atoms with Gasteiger partial charge in [0.1, 0.15) is 6.61 Å². The Kier molecular flexibility index (Phi) is 11.5. The summed E-state index contributed by atoms with van der Waals surface area (Å²) in [6, 6.07) is 46.4. The van der Waals surface area contributed by atoms with Crippen LogP contribution in [-0.4, -0.2) is 44.6 Å². The van der Waals surface area contributed by atoms with Crippen molar-refractivity contribution >= 4 is 45.6 Å². The number of aromatic nitrogens is 2. The van der Waals surface area contributed by atoms with E-state index in [1.165, 1.54) is 18.4 Å². The van der Waals surface area contributed by atoms with Crippen molar-refractivity contribution in [2.75, 3.05) is 6.61 Å². The molecule has 0 spiro atoms. The van der Waals surface area contributed by atoms with Gasteiger partial charge in [-0.25, -0.2) is 9.59 Å². The van der Waals surface area contributed by atoms with Crippen molar-refractivity contribution in [1.29, 1.82) is 0 Å². The molecule has 2 heterocycles. The van der Waals surface area contributed by atoms with E-state index in [2.05, 4.69) is 24.8 Å². The molecular formula is C55H46N2O6. The first kappa shape index (κ1) is 40.8. The smallest absolute Gasteiger partial charge is 0.338 e. The fourth-order valence-electron chi connectivity index (χ4n) is 8.28. The molecule has 0 radical (unpaired) electrons. The van der Waals surface area contributed by atoms with Crippen LogP contribution in [-0.2, 0) is 17.6 Å². The molecule has 0 bridgehead atoms. The monoisotopic (exact) mass is 830 g/mol. The largest absolute Gasteiger partial charge is 0.478 e. The number of aromatic carboxylic acids is 1. The molecule has 2 saturated carbocycles. The Hall–Kier alpha value is -7.58. The Morgan fingerprint density at radius 1 is 0.571 bits per heavy atom. The van der Waals surface area contributed by atoms with Gasteiger partial charge in [0.2, 0.25) is 0 Å². The molecule has 6 aromatic carbocycles. The van der Waals surface area contributed by atoms with Crippen molar-refractivity contribution < 1.29 is 29.0 Å². The predicted molar refractivity (Wildman–Crippen MR) is 246 cm³/mol. The van der Waals surface area contributed by atoms with E-state index < -0.39 is 5.97 Å². The molecule has 0 unspecified atom stereocenters. The molecule has 0 atom stereocenters. The van der Waals surface area contributed by atoms with Crippen LogP contribution in [0.1, 0.15) is 112 Å². The summed E-state index contributed by atoms with van der Waals surface area (Å²) in [5.74, 6) is -0.233. The summed E-state index contributed by atoms with van der Waals surface area (Å²) in [5.41, 5.74) is 10.2. The van der Waals surface area contributed by atoms with Crippen LogP contribution >= 0.6 is 0 Å². The van der Waals surface area contributed by atoms with Gasteiger partial charge in [0, 0.05) is 34.3 Å². The number of fused-ring (bicyclic) bond motifs is 2. The van der Waals surface area contributed by atoms with Gasteiger partial charge in [0.15, 0.2) is 0 Å². The molecule has 8 aromatic rings. The molecule has 0 saturated heterocycles. The van der Waals surface area contributed by atoms with E-state index in [0.29, 0.717) is 46.9 Å². The molecule has 0 aliphatic heterocycles. The number of ether oxygens (including phenoxy) is 1. The van der Waals surface area contributed by atoms with Crippen molar-refractivity contribution in [2.24, 2.45) is 0 Å². The average molecular weight is 831 g/mol. The van der Waals surface area contributed by atoms with E-state index in [1.807, 2.05) is 121 Å². The van der Waals surface area contributed by atoms with Crippen LogP contribution in [0.5, 0.6) is 0 Å². The first-order valence-electron chi connectivity index (χ1n) is 21.4. The summed E-state index contributed by atoms with van der Waals surface area (Å²) in [7, 11) is 0. The summed E-state index contributed by atoms with van der Waals surface area (Å²) in [6.45, 7) is 3.83. The molecule has 10 rings (SSSR count). The maximum Gasteiger partial charge on any atom is 0.338 e. The number of carboxylic acids is 1. The molecule has 312 valence electrons. The summed E-state index contributed by atoms with van der Waals surface area (Å²) in [5, 5.41) is 11.6. The maximum absolute atomic E-state index is 12.9. The first-order chi connectivity index (χ1) is 30.7. The van der Waals surface area contributed by atoms with Crippen molar-refractivity contribution in [1.82, 2.24) is 9.13 Å². The van der Waals surface area contributed by atoms with Crippen LogP contribution in [0.2, 0.25) is 0 Å². The van der Waals surface area contributed by atoms with Crippen LogP contribution in [0.3, 0.4) is 0 Å². The molecule has 2 aromatic heterocycles. The highest BCUT2D eigenvalue weighted by Crippen LogP contribution is 2.42. The minimum Gasteiger partial charge on any atom is -0.478 e. The van der Waals surface area contributed by atoms with Gasteiger partial charge >= 0.3 is 11.9 Å². The molecule has 2 aliphatic carbocycles. The highest BCUT2D eigenvalue weighted by Gasteiger charge is 2.27. The Morgan fingerprint density at radius 3 is 1.48 bits per heavy atom. The third-order valence-corrected chi connectivity index (χ3v) is 11.9. The lowest BCUT2D eigenvalue weighted by atomic mass is 9.96. The summed E-state index contributed by atoms with van der Waals surface area (Å²) >= 11 is 0. The SMILES string of the molecule is C=CCOC(=O)c1cc(C2CC2)ccc1Cc1ccc2c(ccn2C(=O)c2ccccc2)c1.O=C(O)c1cc(C2CC2)ccc1Cc1ccc2c(ccn2C(=O)c2ccccc2)c1. The fraction of sp³-hybridized carbons (Fsp3) is 0.164. The van der Waals surface area contributed by atoms with Gasteiger partial charge in [-0.15, -0.1) is 0 Å². The van der Waals surface area contributed by atoms with E-state index in [-0.39, 0.29) is 24.4 Å². The minimum absolute atomic E-state index is 0.0544. The normalized spacial score (nSPS) is 13.3. The number of carboxylic acid groups (broad SMARTS) is 1. The van der Waals surface area contributed by atoms with Crippen LogP contribution in [0, 0.1) is 0 Å². The Balaban J connectivity index is 0.000000161. The third-order valence-electron chi connectivity index (χ3n) is 11.9. The molecule has 63 heavy (non-hydrogen) atoms. The summed E-state index contributed by atoms with van der Waals surface area (Å²) < 4.78 is 8.69. The van der Waals surface area contributed by atoms with Crippen LogP contribution < -0.4 is 0 Å². The lowest BCUT2D eigenvalue weighted by Crippen LogP contribution is -2.10. The lowest BCUT2D eigenvalue weighted by Gasteiger charge is -2.12. The zero-order valence-electron chi connectivity index (χ0n) is 34.8. The minimum atomic E-state index is -0.881. The predicted octanol–water partition coefficient (Wildman–Crippen LogP) is 11.6. The number of carbonyl (C=O) groups excluding carboxylic acids is 3. The molecular weight excluding hydrogens is 785 g/mol. The lowest BCUT2D eigenvalue weighted by molar-refractivity contribution is 0.0547. The van der Waals surface area contributed by atoms with E-state index in [4.69, 9.17) is 4.74 Å². The van der Waals surface area contributed by atoms with Gasteiger partial charge < -0.3 is 9.84 Å². The zero-order chi connectivity index (χ0) is 43.5. The van der Waals surface area contributed by atoms with Crippen LogP contribution in [0.4, 0.5) is 0 Å². The number of nitrogens with zero attached hydrogens (tertiary/aromatic N) is 2. The van der Waals surface area contributed by atoms with Crippen molar-refractivity contribution in [3.05, 3.63) is 226 Å². The van der Waals surface area contributed by atoms with E-state index in [1.54, 1.807) is 33.5 Å². The van der Waals surface area contributed by atoms with Crippen molar-refractivity contribution in [2.45, 2.75) is 50.4 Å². The summed E-state index contributed by atoms with van der Waals surface area (Å²) in [6.07, 6.45) is 11.0. The van der Waals surface area contributed by atoms with Gasteiger partial charge in [-0.2, -0.15) is 0 Å². The number of hydrogen-bond donors (Lipinski definition) is 1. The third kappa shape index (κ3) is 9.07. The maximum atomic E-state index is 12.9. The van der Waals surface area contributed by atoms with Gasteiger partial charge in [-0.3, -0.25) is 18.7 Å².